The molecule has 1 aromatic carbocycles. The summed E-state index contributed by atoms with van der Waals surface area (Å²) in [4.78, 5) is 14.0. The maximum absolute atomic E-state index is 11.9. The lowest BCUT2D eigenvalue weighted by Crippen LogP contribution is -2.41. The molecule has 19 heavy (non-hydrogen) atoms. The predicted octanol–water partition coefficient (Wildman–Crippen LogP) is 1.61. The molecular weight excluding hydrogens is 268 g/mol. The van der Waals surface area contributed by atoms with E-state index in [1.807, 2.05) is 0 Å². The van der Waals surface area contributed by atoms with E-state index in [9.17, 15) is 10.0 Å². The van der Waals surface area contributed by atoms with Crippen LogP contribution >= 0.6 is 11.6 Å². The van der Waals surface area contributed by atoms with Crippen molar-refractivity contribution in [3.05, 3.63) is 40.1 Å². The Morgan fingerprint density at radius 2 is 2.05 bits per heavy atom. The Kier molecular flexibility index (Phi) is 5.15. The second-order valence-corrected chi connectivity index (χ2v) is 4.75. The summed E-state index contributed by atoms with van der Waals surface area (Å²) in [6, 6.07) is 6.58. The number of rotatable bonds is 4. The molecule has 5 nitrogen and oxygen atoms in total. The average Bonchev–Trinajstić information content (AvgIpc) is 2.45. The maximum atomic E-state index is 11.9. The summed E-state index contributed by atoms with van der Waals surface area (Å²) in [6.45, 7) is 3.66. The highest BCUT2D eigenvalue weighted by atomic mass is 35.5. The van der Waals surface area contributed by atoms with Gasteiger partial charge in [0, 0.05) is 26.2 Å². The predicted molar refractivity (Wildman–Crippen MR) is 73.1 cm³/mol. The molecule has 6 heteroatoms. The van der Waals surface area contributed by atoms with Crippen molar-refractivity contribution >= 4 is 17.5 Å². The number of nitrogens with zero attached hydrogens (tertiary/aromatic N) is 2. The molecule has 0 bridgehead atoms. The number of benzene rings is 1. The fourth-order valence-electron chi connectivity index (χ4n) is 1.93. The second-order valence-electron chi connectivity index (χ2n) is 4.34. The van der Waals surface area contributed by atoms with Crippen molar-refractivity contribution in [3.8, 4) is 0 Å². The van der Waals surface area contributed by atoms with Gasteiger partial charge in [-0.15, -0.1) is 0 Å². The Morgan fingerprint density at radius 1 is 1.37 bits per heavy atom. The van der Waals surface area contributed by atoms with Gasteiger partial charge in [-0.25, -0.2) is 0 Å². The number of carbonyl (C=O) groups excluding carboxylic acids is 1. The van der Waals surface area contributed by atoms with Gasteiger partial charge in [0.2, 0.25) is 5.91 Å². The van der Waals surface area contributed by atoms with Gasteiger partial charge in [0.15, 0.2) is 0 Å². The Morgan fingerprint density at radius 3 is 2.74 bits per heavy atom. The lowest BCUT2D eigenvalue weighted by Gasteiger charge is -2.33. The zero-order valence-electron chi connectivity index (χ0n) is 10.5. The van der Waals surface area contributed by atoms with Crippen LogP contribution in [-0.4, -0.2) is 55.3 Å². The summed E-state index contributed by atoms with van der Waals surface area (Å²) < 4.78 is 5.22. The van der Waals surface area contributed by atoms with Crippen molar-refractivity contribution < 1.29 is 9.53 Å². The van der Waals surface area contributed by atoms with Crippen molar-refractivity contribution in [3.63, 3.8) is 0 Å². The monoisotopic (exact) mass is 283 g/mol. The first kappa shape index (κ1) is 14.3. The van der Waals surface area contributed by atoms with E-state index in [0.717, 1.165) is 13.1 Å². The highest BCUT2D eigenvalue weighted by Crippen LogP contribution is 2.16. The summed E-state index contributed by atoms with van der Waals surface area (Å²) in [5.74, 6) is -0.584. The molecule has 0 aliphatic carbocycles. The SMILES string of the molecule is O=C(c1ccccc1Cl)N([O-])CCN1CCOCC1. The molecule has 1 aromatic rings. The summed E-state index contributed by atoms with van der Waals surface area (Å²) >= 11 is 5.90. The molecule has 1 heterocycles. The molecule has 0 unspecified atom stereocenters. The minimum atomic E-state index is -0.584. The van der Waals surface area contributed by atoms with Crippen LogP contribution in [0.25, 0.3) is 0 Å². The largest absolute Gasteiger partial charge is 0.756 e. The number of hydrogen-bond donors (Lipinski definition) is 0. The number of carbonyl (C=O) groups is 1. The molecule has 1 fully saturated rings. The van der Waals surface area contributed by atoms with E-state index in [0.29, 0.717) is 29.8 Å². The van der Waals surface area contributed by atoms with Crippen molar-refractivity contribution in [1.29, 1.82) is 0 Å². The van der Waals surface area contributed by atoms with Crippen LogP contribution < -0.4 is 0 Å². The number of ether oxygens (including phenoxy) is 1. The van der Waals surface area contributed by atoms with Crippen LogP contribution in [-0.2, 0) is 4.74 Å². The van der Waals surface area contributed by atoms with Crippen LogP contribution in [0.1, 0.15) is 10.4 Å². The Hall–Kier alpha value is -1.14. The van der Waals surface area contributed by atoms with Crippen molar-refractivity contribution in [2.45, 2.75) is 0 Å². The number of hydrogen-bond acceptors (Lipinski definition) is 4. The third-order valence-electron chi connectivity index (χ3n) is 3.05. The van der Waals surface area contributed by atoms with Crippen molar-refractivity contribution in [2.24, 2.45) is 0 Å². The highest BCUT2D eigenvalue weighted by Gasteiger charge is 2.14. The van der Waals surface area contributed by atoms with Crippen LogP contribution in [0.15, 0.2) is 24.3 Å². The molecular formula is C13H16ClN2O3-. The molecule has 1 saturated heterocycles. The number of morpholine rings is 1. The minimum Gasteiger partial charge on any atom is -0.756 e. The number of amides is 1. The first-order chi connectivity index (χ1) is 9.18. The van der Waals surface area contributed by atoms with Crippen molar-refractivity contribution in [1.82, 2.24) is 9.96 Å². The van der Waals surface area contributed by atoms with E-state index in [1.54, 1.807) is 24.3 Å². The normalized spacial score (nSPS) is 16.3. The molecule has 0 N–H and O–H groups in total. The zero-order chi connectivity index (χ0) is 13.7. The van der Waals surface area contributed by atoms with E-state index in [4.69, 9.17) is 16.3 Å². The molecule has 0 atom stereocenters. The molecule has 1 aliphatic heterocycles. The van der Waals surface area contributed by atoms with Crippen LogP contribution in [0.4, 0.5) is 0 Å². The smallest absolute Gasteiger partial charge is 0.244 e. The van der Waals surface area contributed by atoms with Gasteiger partial charge in [-0.2, -0.15) is 0 Å². The van der Waals surface area contributed by atoms with Gasteiger partial charge in [-0.3, -0.25) is 9.69 Å². The molecule has 0 spiro atoms. The Labute approximate surface area is 117 Å². The van der Waals surface area contributed by atoms with Crippen LogP contribution in [0.2, 0.25) is 5.02 Å². The lowest BCUT2D eigenvalue weighted by molar-refractivity contribution is 0.0347. The zero-order valence-corrected chi connectivity index (χ0v) is 11.3. The third kappa shape index (κ3) is 3.91. The average molecular weight is 284 g/mol. The molecule has 104 valence electrons. The fourth-order valence-corrected chi connectivity index (χ4v) is 2.14. The van der Waals surface area contributed by atoms with Gasteiger partial charge >= 0.3 is 0 Å². The molecule has 1 amide bonds. The quantitative estimate of drug-likeness (QED) is 0.788. The van der Waals surface area contributed by atoms with Gasteiger partial charge in [0.1, 0.15) is 0 Å². The van der Waals surface area contributed by atoms with Gasteiger partial charge in [0.25, 0.3) is 0 Å². The van der Waals surface area contributed by atoms with Crippen LogP contribution in [0, 0.1) is 5.21 Å². The van der Waals surface area contributed by atoms with Crippen molar-refractivity contribution in [2.75, 3.05) is 39.4 Å². The van der Waals surface area contributed by atoms with Crippen LogP contribution in [0.3, 0.4) is 0 Å². The van der Waals surface area contributed by atoms with E-state index in [2.05, 4.69) is 4.90 Å². The van der Waals surface area contributed by atoms with E-state index >= 15 is 0 Å². The van der Waals surface area contributed by atoms with Crippen LogP contribution in [0.5, 0.6) is 0 Å². The summed E-state index contributed by atoms with van der Waals surface area (Å²) in [6.07, 6.45) is 0. The highest BCUT2D eigenvalue weighted by molar-refractivity contribution is 6.33. The third-order valence-corrected chi connectivity index (χ3v) is 3.38. The molecule has 1 aliphatic rings. The van der Waals surface area contributed by atoms with Gasteiger partial charge in [-0.1, -0.05) is 23.7 Å². The molecule has 0 radical (unpaired) electrons. The first-order valence-corrected chi connectivity index (χ1v) is 6.60. The van der Waals surface area contributed by atoms with E-state index in [-0.39, 0.29) is 12.1 Å². The van der Waals surface area contributed by atoms with E-state index in [1.165, 1.54) is 0 Å². The molecule has 0 aromatic heterocycles. The second kappa shape index (κ2) is 6.86. The standard InChI is InChI=1S/C13H16ClN2O3/c14-12-4-2-1-3-11(12)13(17)16(18)6-5-15-7-9-19-10-8-15/h1-4H,5-10H2/q-1. The molecule has 0 saturated carbocycles. The fraction of sp³-hybridized carbons (Fsp3) is 0.462. The lowest BCUT2D eigenvalue weighted by atomic mass is 10.2. The molecule has 2 rings (SSSR count). The topological polar surface area (TPSA) is 55.8 Å². The number of halogens is 1. The first-order valence-electron chi connectivity index (χ1n) is 6.22. The Balaban J connectivity index is 1.87. The maximum Gasteiger partial charge on any atom is 0.244 e. The summed E-state index contributed by atoms with van der Waals surface area (Å²) in [7, 11) is 0. The summed E-state index contributed by atoms with van der Waals surface area (Å²) in [5.41, 5.74) is 0.251. The van der Waals surface area contributed by atoms with Gasteiger partial charge in [-0.05, 0) is 12.1 Å². The van der Waals surface area contributed by atoms with E-state index < -0.39 is 5.91 Å². The van der Waals surface area contributed by atoms with Gasteiger partial charge in [0.05, 0.1) is 23.8 Å². The minimum absolute atomic E-state index is 0.143. The van der Waals surface area contributed by atoms with Gasteiger partial charge < -0.3 is 15.0 Å². The Bertz CT molecular complexity index is 436. The summed E-state index contributed by atoms with van der Waals surface area (Å²) in [5, 5.41) is 12.6. The number of hydroxylamine groups is 2.